The minimum Gasteiger partial charge on any atom is -0.465 e. The van der Waals surface area contributed by atoms with Crippen molar-refractivity contribution in [2.75, 3.05) is 38.0 Å². The molecule has 0 spiro atoms. The lowest BCUT2D eigenvalue weighted by Crippen LogP contribution is -2.10. The van der Waals surface area contributed by atoms with Gasteiger partial charge >= 0.3 is 5.97 Å². The molecule has 0 fully saturated rings. The fourth-order valence-electron chi connectivity index (χ4n) is 1.97. The van der Waals surface area contributed by atoms with Gasteiger partial charge in [-0.25, -0.2) is 9.78 Å². The van der Waals surface area contributed by atoms with Crippen LogP contribution in [0.2, 0.25) is 0 Å². The van der Waals surface area contributed by atoms with E-state index < -0.39 is 0 Å². The van der Waals surface area contributed by atoms with Crippen LogP contribution in [-0.4, -0.2) is 43.3 Å². The smallest absolute Gasteiger partial charge is 0.337 e. The lowest BCUT2D eigenvalue weighted by Gasteiger charge is -2.10. The largest absolute Gasteiger partial charge is 0.465 e. The first kappa shape index (κ1) is 16.7. The maximum absolute atomic E-state index is 11.6. The number of nitrogens with zero attached hydrogens (tertiary/aromatic N) is 2. The number of hydrogen-bond acceptors (Lipinski definition) is 7. The SMILES string of the molecule is COCCNc1cc(C)nc(Nc2cccc(C(=O)OC)c2)n1. The molecule has 2 rings (SSSR count). The van der Waals surface area contributed by atoms with Crippen molar-refractivity contribution in [2.24, 2.45) is 0 Å². The Bertz CT molecular complexity index is 676. The van der Waals surface area contributed by atoms with Crippen LogP contribution in [0.3, 0.4) is 0 Å². The topological polar surface area (TPSA) is 85.4 Å². The van der Waals surface area contributed by atoms with E-state index in [1.54, 1.807) is 25.3 Å². The third-order valence-electron chi connectivity index (χ3n) is 3.01. The van der Waals surface area contributed by atoms with Gasteiger partial charge in [-0.05, 0) is 25.1 Å². The molecule has 0 radical (unpaired) electrons. The Labute approximate surface area is 135 Å². The number of ether oxygens (including phenoxy) is 2. The second kappa shape index (κ2) is 8.09. The number of carbonyl (C=O) groups excluding carboxylic acids is 1. The van der Waals surface area contributed by atoms with Crippen LogP contribution in [-0.2, 0) is 9.47 Å². The number of carbonyl (C=O) groups is 1. The quantitative estimate of drug-likeness (QED) is 0.599. The number of hydrogen-bond donors (Lipinski definition) is 2. The van der Waals surface area contributed by atoms with E-state index in [1.165, 1.54) is 7.11 Å². The average Bonchev–Trinajstić information content (AvgIpc) is 2.54. The first-order valence-electron chi connectivity index (χ1n) is 7.16. The summed E-state index contributed by atoms with van der Waals surface area (Å²) in [6, 6.07) is 8.82. The molecule has 0 atom stereocenters. The Morgan fingerprint density at radius 2 is 2.04 bits per heavy atom. The van der Waals surface area contributed by atoms with Crippen molar-refractivity contribution >= 4 is 23.4 Å². The van der Waals surface area contributed by atoms with Crippen LogP contribution in [0.4, 0.5) is 17.5 Å². The third-order valence-corrected chi connectivity index (χ3v) is 3.01. The Morgan fingerprint density at radius 1 is 1.22 bits per heavy atom. The molecule has 0 saturated carbocycles. The summed E-state index contributed by atoms with van der Waals surface area (Å²) in [6.45, 7) is 3.14. The second-order valence-corrected chi connectivity index (χ2v) is 4.84. The number of rotatable bonds is 7. The maximum atomic E-state index is 11.6. The highest BCUT2D eigenvalue weighted by Gasteiger charge is 2.07. The molecule has 0 saturated heterocycles. The zero-order chi connectivity index (χ0) is 16.7. The predicted octanol–water partition coefficient (Wildman–Crippen LogP) is 2.37. The minimum atomic E-state index is -0.388. The van der Waals surface area contributed by atoms with Crippen LogP contribution in [0.5, 0.6) is 0 Å². The van der Waals surface area contributed by atoms with Gasteiger partial charge in [0.1, 0.15) is 5.82 Å². The van der Waals surface area contributed by atoms with E-state index in [2.05, 4.69) is 20.6 Å². The molecule has 2 N–H and O–H groups in total. The fraction of sp³-hybridized carbons (Fsp3) is 0.312. The second-order valence-electron chi connectivity index (χ2n) is 4.84. The van der Waals surface area contributed by atoms with Gasteiger partial charge in [-0.2, -0.15) is 4.98 Å². The lowest BCUT2D eigenvalue weighted by molar-refractivity contribution is 0.0601. The van der Waals surface area contributed by atoms with E-state index in [9.17, 15) is 4.79 Å². The van der Waals surface area contributed by atoms with E-state index in [-0.39, 0.29) is 5.97 Å². The summed E-state index contributed by atoms with van der Waals surface area (Å²) in [5, 5.41) is 6.25. The molecule has 122 valence electrons. The van der Waals surface area contributed by atoms with Gasteiger partial charge in [-0.15, -0.1) is 0 Å². The first-order valence-corrected chi connectivity index (χ1v) is 7.16. The Balaban J connectivity index is 2.14. The van der Waals surface area contributed by atoms with E-state index in [1.807, 2.05) is 19.1 Å². The molecule has 0 aliphatic rings. The van der Waals surface area contributed by atoms with E-state index >= 15 is 0 Å². The summed E-state index contributed by atoms with van der Waals surface area (Å²) < 4.78 is 9.72. The van der Waals surface area contributed by atoms with Crippen LogP contribution in [0, 0.1) is 6.92 Å². The molecule has 0 aliphatic carbocycles. The summed E-state index contributed by atoms with van der Waals surface area (Å²) in [5.41, 5.74) is 2.00. The number of aromatic nitrogens is 2. The van der Waals surface area contributed by atoms with E-state index in [0.717, 1.165) is 5.69 Å². The van der Waals surface area contributed by atoms with Gasteiger partial charge in [0.25, 0.3) is 0 Å². The van der Waals surface area contributed by atoms with Crippen LogP contribution in [0.25, 0.3) is 0 Å². The number of esters is 1. The summed E-state index contributed by atoms with van der Waals surface area (Å²) in [4.78, 5) is 20.3. The van der Waals surface area contributed by atoms with E-state index in [4.69, 9.17) is 9.47 Å². The molecule has 7 heteroatoms. The molecule has 1 aromatic carbocycles. The first-order chi connectivity index (χ1) is 11.1. The Morgan fingerprint density at radius 3 is 2.78 bits per heavy atom. The van der Waals surface area contributed by atoms with Crippen molar-refractivity contribution in [1.29, 1.82) is 0 Å². The highest BCUT2D eigenvalue weighted by molar-refractivity contribution is 5.90. The Kier molecular flexibility index (Phi) is 5.87. The van der Waals surface area contributed by atoms with Crippen molar-refractivity contribution in [3.05, 3.63) is 41.6 Å². The van der Waals surface area contributed by atoms with Crippen LogP contribution in [0.1, 0.15) is 16.1 Å². The van der Waals surface area contributed by atoms with Crippen molar-refractivity contribution in [3.63, 3.8) is 0 Å². The summed E-state index contributed by atoms with van der Waals surface area (Å²) >= 11 is 0. The molecular weight excluding hydrogens is 296 g/mol. The summed E-state index contributed by atoms with van der Waals surface area (Å²) in [5.74, 6) is 0.772. The van der Waals surface area contributed by atoms with Gasteiger partial charge in [-0.3, -0.25) is 0 Å². The standard InChI is InChI=1S/C16H20N4O3/c1-11-9-14(17-7-8-22-2)20-16(18-11)19-13-6-4-5-12(10-13)15(21)23-3/h4-6,9-10H,7-8H2,1-3H3,(H2,17,18,19,20). The zero-order valence-corrected chi connectivity index (χ0v) is 13.4. The Hall–Kier alpha value is -2.67. The van der Waals surface area contributed by atoms with Crippen molar-refractivity contribution in [1.82, 2.24) is 9.97 Å². The fourth-order valence-corrected chi connectivity index (χ4v) is 1.97. The molecule has 0 amide bonds. The molecule has 23 heavy (non-hydrogen) atoms. The molecule has 1 aromatic heterocycles. The average molecular weight is 316 g/mol. The van der Waals surface area contributed by atoms with E-state index in [0.29, 0.717) is 36.2 Å². The van der Waals surface area contributed by atoms with Gasteiger partial charge in [0.15, 0.2) is 0 Å². The molecule has 0 unspecified atom stereocenters. The number of anilines is 3. The molecule has 2 aromatic rings. The highest BCUT2D eigenvalue weighted by atomic mass is 16.5. The van der Waals surface area contributed by atoms with Crippen LogP contribution in [0.15, 0.2) is 30.3 Å². The minimum absolute atomic E-state index is 0.388. The van der Waals surface area contributed by atoms with Crippen LogP contribution >= 0.6 is 0 Å². The summed E-state index contributed by atoms with van der Waals surface area (Å²) in [6.07, 6.45) is 0. The molecular formula is C16H20N4O3. The number of aryl methyl sites for hydroxylation is 1. The number of benzene rings is 1. The molecule has 0 aliphatic heterocycles. The number of methoxy groups -OCH3 is 2. The van der Waals surface area contributed by atoms with Gasteiger partial charge in [0.2, 0.25) is 5.95 Å². The molecule has 1 heterocycles. The van der Waals surface area contributed by atoms with Crippen molar-refractivity contribution < 1.29 is 14.3 Å². The van der Waals surface area contributed by atoms with Crippen molar-refractivity contribution in [2.45, 2.75) is 6.92 Å². The van der Waals surface area contributed by atoms with Gasteiger partial charge in [0, 0.05) is 31.1 Å². The highest BCUT2D eigenvalue weighted by Crippen LogP contribution is 2.17. The summed E-state index contributed by atoms with van der Waals surface area (Å²) in [7, 11) is 3.00. The maximum Gasteiger partial charge on any atom is 0.337 e. The third kappa shape index (κ3) is 4.93. The lowest BCUT2D eigenvalue weighted by atomic mass is 10.2. The molecule has 0 bridgehead atoms. The van der Waals surface area contributed by atoms with Gasteiger partial charge in [-0.1, -0.05) is 6.07 Å². The number of nitrogens with one attached hydrogen (secondary N) is 2. The van der Waals surface area contributed by atoms with Crippen molar-refractivity contribution in [3.8, 4) is 0 Å². The molecule has 7 nitrogen and oxygen atoms in total. The normalized spacial score (nSPS) is 10.2. The monoisotopic (exact) mass is 316 g/mol. The zero-order valence-electron chi connectivity index (χ0n) is 13.4. The van der Waals surface area contributed by atoms with Gasteiger partial charge < -0.3 is 20.1 Å². The van der Waals surface area contributed by atoms with Crippen LogP contribution < -0.4 is 10.6 Å². The van der Waals surface area contributed by atoms with Gasteiger partial charge in [0.05, 0.1) is 19.3 Å². The predicted molar refractivity (Wildman–Crippen MR) is 88.2 cm³/mol.